The second-order valence-corrected chi connectivity index (χ2v) is 24.3. The van der Waals surface area contributed by atoms with Crippen LogP contribution in [0.3, 0.4) is 0 Å². The minimum absolute atomic E-state index is 0.0306. The highest BCUT2D eigenvalue weighted by Gasteiger charge is 2.27. The summed E-state index contributed by atoms with van der Waals surface area (Å²) in [6.45, 7) is 6.81. The molecule has 0 aromatic carbocycles. The van der Waals surface area contributed by atoms with Gasteiger partial charge >= 0.3 is 5.97 Å². The summed E-state index contributed by atoms with van der Waals surface area (Å²) >= 11 is 0. The van der Waals surface area contributed by atoms with E-state index in [1.54, 1.807) is 0 Å². The first kappa shape index (κ1) is 73.0. The lowest BCUT2D eigenvalue weighted by atomic mass is 10.0. The molecule has 1 N–H and O–H groups in total. The SMILES string of the molecule is CCCCCCCC/C=C\C/C=C/CCC(=O)NC(COP(=O)([O-])OCC[N+](C)(C)C)C(/C=C\CCCCCCCCCCCCC)OC(=O)CCCCCCCCCCCCCCC/C=C/CCCCCCCC. The van der Waals surface area contributed by atoms with Crippen LogP contribution in [0.15, 0.2) is 48.6 Å². The van der Waals surface area contributed by atoms with Crippen molar-refractivity contribution in [3.63, 3.8) is 0 Å². The number of quaternary nitrogens is 1. The van der Waals surface area contributed by atoms with Gasteiger partial charge in [-0.05, 0) is 76.7 Å². The molecule has 0 heterocycles. The molecule has 3 atom stereocenters. The zero-order valence-electron chi connectivity index (χ0n) is 50.3. The van der Waals surface area contributed by atoms with E-state index in [-0.39, 0.29) is 31.3 Å². The summed E-state index contributed by atoms with van der Waals surface area (Å²) in [5.74, 6) is -0.610. The molecule has 0 saturated carbocycles. The number of unbranched alkanes of at least 4 members (excludes halogenated alkanes) is 36. The van der Waals surface area contributed by atoms with Crippen molar-refractivity contribution in [1.29, 1.82) is 0 Å². The molecule has 75 heavy (non-hydrogen) atoms. The predicted octanol–water partition coefficient (Wildman–Crippen LogP) is 19.0. The molecule has 3 unspecified atom stereocenters. The number of phosphoric acid groups is 1. The molecule has 0 saturated heterocycles. The molecule has 0 spiro atoms. The smallest absolute Gasteiger partial charge is 0.306 e. The molecule has 0 fully saturated rings. The normalized spacial score (nSPS) is 14.0. The average molecular weight is 1080 g/mol. The maximum Gasteiger partial charge on any atom is 0.306 e. The highest BCUT2D eigenvalue weighted by atomic mass is 31.2. The van der Waals surface area contributed by atoms with Gasteiger partial charge in [0, 0.05) is 12.8 Å². The Morgan fingerprint density at radius 2 is 0.827 bits per heavy atom. The lowest BCUT2D eigenvalue weighted by molar-refractivity contribution is -0.870. The third kappa shape index (κ3) is 56.5. The minimum atomic E-state index is -4.71. The third-order valence-corrected chi connectivity index (χ3v) is 15.2. The number of nitrogens with zero attached hydrogens (tertiary/aromatic N) is 1. The van der Waals surface area contributed by atoms with Crippen LogP contribution in [0.5, 0.6) is 0 Å². The van der Waals surface area contributed by atoms with E-state index in [1.165, 1.54) is 212 Å². The monoisotopic (exact) mass is 1070 g/mol. The molecular formula is C65H123N2O7P. The van der Waals surface area contributed by atoms with E-state index in [4.69, 9.17) is 13.8 Å². The third-order valence-electron chi connectivity index (χ3n) is 14.2. The number of esters is 1. The number of phosphoric ester groups is 1. The van der Waals surface area contributed by atoms with Gasteiger partial charge < -0.3 is 28.5 Å². The zero-order chi connectivity index (χ0) is 55.0. The summed E-state index contributed by atoms with van der Waals surface area (Å²) in [5, 5.41) is 2.99. The topological polar surface area (TPSA) is 114 Å². The van der Waals surface area contributed by atoms with Crippen molar-refractivity contribution in [2.45, 2.75) is 315 Å². The van der Waals surface area contributed by atoms with Crippen LogP contribution in [-0.2, 0) is 27.9 Å². The highest BCUT2D eigenvalue weighted by Crippen LogP contribution is 2.38. The number of amides is 1. The van der Waals surface area contributed by atoms with Crippen molar-refractivity contribution in [3.05, 3.63) is 48.6 Å². The second-order valence-electron chi connectivity index (χ2n) is 22.9. The van der Waals surface area contributed by atoms with Crippen LogP contribution < -0.4 is 10.2 Å². The molecule has 0 aliphatic heterocycles. The van der Waals surface area contributed by atoms with Gasteiger partial charge in [-0.3, -0.25) is 14.2 Å². The quantitative estimate of drug-likeness (QED) is 0.0212. The highest BCUT2D eigenvalue weighted by molar-refractivity contribution is 7.45. The number of likely N-dealkylation sites (N-methyl/N-ethyl adjacent to an activating group) is 1. The van der Waals surface area contributed by atoms with Crippen molar-refractivity contribution < 1.29 is 37.3 Å². The van der Waals surface area contributed by atoms with E-state index in [0.29, 0.717) is 17.4 Å². The van der Waals surface area contributed by atoms with Crippen molar-refractivity contribution in [3.8, 4) is 0 Å². The molecule has 0 aliphatic rings. The fourth-order valence-electron chi connectivity index (χ4n) is 9.27. The fraction of sp³-hybridized carbons (Fsp3) is 0.846. The van der Waals surface area contributed by atoms with Gasteiger partial charge in [0.2, 0.25) is 5.91 Å². The standard InChI is InChI=1S/C65H123N2O7P/c1-7-10-13-16-19-22-25-28-29-30-31-32-33-34-35-36-37-40-43-46-49-52-55-58-65(69)74-63(56-53-50-47-44-41-38-26-23-20-17-14-11-8-2)62(61-73-75(70,71)72-60-59-67(4,5)6)66-64(68)57-54-51-48-45-42-39-27-24-21-18-15-12-9-3/h28-29,39,42,48,51,53,56,62-63H,7-27,30-38,40-41,43-47,49-50,52,54-55,57-61H2,1-6H3,(H-,66,68,70,71)/b29-28+,42-39-,51-48+,56-53-. The fourth-order valence-corrected chi connectivity index (χ4v) is 10.00. The molecule has 1 amide bonds. The molecule has 9 nitrogen and oxygen atoms in total. The predicted molar refractivity (Wildman–Crippen MR) is 321 cm³/mol. The molecule has 0 radical (unpaired) electrons. The summed E-state index contributed by atoms with van der Waals surface area (Å²) in [7, 11) is 1.16. The Morgan fingerprint density at radius 3 is 1.24 bits per heavy atom. The molecule has 0 rings (SSSR count). The summed E-state index contributed by atoms with van der Waals surface area (Å²) in [4.78, 5) is 39.9. The first-order valence-corrected chi connectivity index (χ1v) is 33.4. The summed E-state index contributed by atoms with van der Waals surface area (Å²) in [6, 6.07) is -0.917. The van der Waals surface area contributed by atoms with Gasteiger partial charge in [0.05, 0.1) is 33.8 Å². The zero-order valence-corrected chi connectivity index (χ0v) is 51.2. The number of nitrogens with one attached hydrogen (secondary N) is 1. The Balaban J connectivity index is 5.19. The van der Waals surface area contributed by atoms with Gasteiger partial charge in [0.25, 0.3) is 7.82 Å². The molecule has 0 aromatic rings. The van der Waals surface area contributed by atoms with Gasteiger partial charge in [-0.1, -0.05) is 262 Å². The van der Waals surface area contributed by atoms with Crippen molar-refractivity contribution in [2.75, 3.05) is 40.9 Å². The van der Waals surface area contributed by atoms with Crippen LogP contribution in [0.4, 0.5) is 0 Å². The lowest BCUT2D eigenvalue weighted by Gasteiger charge is -2.30. The van der Waals surface area contributed by atoms with Crippen LogP contribution in [-0.4, -0.2) is 69.4 Å². The number of ether oxygens (including phenoxy) is 1. The lowest BCUT2D eigenvalue weighted by Crippen LogP contribution is -2.47. The van der Waals surface area contributed by atoms with Crippen LogP contribution in [0.1, 0.15) is 303 Å². The second kappa shape index (κ2) is 55.3. The number of carbonyl (C=O) groups excluding carboxylic acids is 2. The van der Waals surface area contributed by atoms with Crippen molar-refractivity contribution in [1.82, 2.24) is 5.32 Å². The largest absolute Gasteiger partial charge is 0.756 e. The first-order valence-electron chi connectivity index (χ1n) is 31.9. The number of carbonyl (C=O) groups is 2. The Morgan fingerprint density at radius 1 is 0.467 bits per heavy atom. The molecule has 10 heteroatoms. The Hall–Kier alpha value is -2.03. The number of hydrogen-bond donors (Lipinski definition) is 1. The number of rotatable bonds is 58. The van der Waals surface area contributed by atoms with Gasteiger partial charge in [-0.15, -0.1) is 0 Å². The van der Waals surface area contributed by atoms with E-state index in [0.717, 1.165) is 51.4 Å². The number of hydrogen-bond acceptors (Lipinski definition) is 7. The Bertz CT molecular complexity index is 1420. The molecule has 0 bridgehead atoms. The maximum atomic E-state index is 13.5. The Labute approximate surface area is 465 Å². The van der Waals surface area contributed by atoms with Crippen LogP contribution >= 0.6 is 7.82 Å². The summed E-state index contributed by atoms with van der Waals surface area (Å²) in [5.41, 5.74) is 0. The summed E-state index contributed by atoms with van der Waals surface area (Å²) < 4.78 is 30.3. The van der Waals surface area contributed by atoms with Gasteiger partial charge in [-0.2, -0.15) is 0 Å². The van der Waals surface area contributed by atoms with Crippen molar-refractivity contribution >= 4 is 19.7 Å². The van der Waals surface area contributed by atoms with E-state index in [2.05, 4.69) is 56.5 Å². The van der Waals surface area contributed by atoms with Crippen molar-refractivity contribution in [2.24, 2.45) is 0 Å². The van der Waals surface area contributed by atoms with E-state index < -0.39 is 26.6 Å². The number of allylic oxidation sites excluding steroid dienone is 7. The first-order chi connectivity index (χ1) is 36.4. The van der Waals surface area contributed by atoms with E-state index in [9.17, 15) is 19.0 Å². The average Bonchev–Trinajstić information content (AvgIpc) is 3.37. The van der Waals surface area contributed by atoms with Gasteiger partial charge in [-0.25, -0.2) is 0 Å². The van der Waals surface area contributed by atoms with Crippen LogP contribution in [0.2, 0.25) is 0 Å². The summed E-state index contributed by atoms with van der Waals surface area (Å²) in [6.07, 6.45) is 68.2. The maximum absolute atomic E-state index is 13.5. The van der Waals surface area contributed by atoms with E-state index in [1.807, 2.05) is 39.4 Å². The van der Waals surface area contributed by atoms with Crippen LogP contribution in [0, 0.1) is 0 Å². The van der Waals surface area contributed by atoms with E-state index >= 15 is 0 Å². The van der Waals surface area contributed by atoms with Crippen LogP contribution in [0.25, 0.3) is 0 Å². The Kier molecular flexibility index (Phi) is 53.8. The molecule has 0 aliphatic carbocycles. The molecule has 0 aromatic heterocycles. The molecular weight excluding hydrogens is 952 g/mol. The van der Waals surface area contributed by atoms with Gasteiger partial charge in [0.15, 0.2) is 0 Å². The van der Waals surface area contributed by atoms with Gasteiger partial charge in [0.1, 0.15) is 19.3 Å². The molecule has 440 valence electrons. The minimum Gasteiger partial charge on any atom is -0.756 e.